The number of nitrogens with one attached hydrogen (secondary N) is 1. The lowest BCUT2D eigenvalue weighted by Crippen LogP contribution is -2.14. The van der Waals surface area contributed by atoms with Gasteiger partial charge in [-0.1, -0.05) is 17.8 Å². The van der Waals surface area contributed by atoms with E-state index in [0.29, 0.717) is 28.3 Å². The number of anilines is 1. The first-order valence-electron chi connectivity index (χ1n) is 8.70. The second kappa shape index (κ2) is 9.79. The molecule has 1 aromatic heterocycles. The third-order valence-electron chi connectivity index (χ3n) is 3.90. The van der Waals surface area contributed by atoms with Crippen molar-refractivity contribution in [1.29, 1.82) is 0 Å². The molecule has 1 amide bonds. The van der Waals surface area contributed by atoms with Gasteiger partial charge in [0.05, 0.1) is 32.6 Å². The monoisotopic (exact) mass is 429 g/mol. The number of rotatable bonds is 8. The van der Waals surface area contributed by atoms with E-state index in [1.807, 2.05) is 0 Å². The molecule has 0 atom stereocenters. The van der Waals surface area contributed by atoms with Gasteiger partial charge in [-0.15, -0.1) is 10.2 Å². The molecule has 0 fully saturated rings. The maximum atomic E-state index is 12.2. The predicted molar refractivity (Wildman–Crippen MR) is 110 cm³/mol. The summed E-state index contributed by atoms with van der Waals surface area (Å²) in [6, 6.07) is 11.7. The summed E-state index contributed by atoms with van der Waals surface area (Å²) in [5.74, 6) is 0.736. The predicted octanol–water partition coefficient (Wildman–Crippen LogP) is 3.27. The average molecular weight is 429 g/mol. The number of thioether (sulfide) groups is 1. The minimum atomic E-state index is -0.479. The lowest BCUT2D eigenvalue weighted by molar-refractivity contribution is -0.113. The topological polar surface area (TPSA) is 113 Å². The highest BCUT2D eigenvalue weighted by atomic mass is 32.2. The lowest BCUT2D eigenvalue weighted by atomic mass is 10.2. The molecule has 0 saturated carbocycles. The van der Waals surface area contributed by atoms with Gasteiger partial charge in [0.2, 0.25) is 11.8 Å². The highest BCUT2D eigenvalue weighted by Crippen LogP contribution is 2.30. The van der Waals surface area contributed by atoms with Crippen LogP contribution >= 0.6 is 11.8 Å². The van der Waals surface area contributed by atoms with Gasteiger partial charge in [-0.05, 0) is 30.3 Å². The van der Waals surface area contributed by atoms with Crippen LogP contribution < -0.4 is 14.8 Å². The Morgan fingerprint density at radius 3 is 2.43 bits per heavy atom. The van der Waals surface area contributed by atoms with Crippen molar-refractivity contribution in [1.82, 2.24) is 10.2 Å². The minimum absolute atomic E-state index is 0.0471. The van der Waals surface area contributed by atoms with Crippen LogP contribution in [0.4, 0.5) is 5.69 Å². The van der Waals surface area contributed by atoms with E-state index >= 15 is 0 Å². The highest BCUT2D eigenvalue weighted by molar-refractivity contribution is 7.99. The molecule has 30 heavy (non-hydrogen) atoms. The summed E-state index contributed by atoms with van der Waals surface area (Å²) >= 11 is 1.09. The molecular weight excluding hydrogens is 410 g/mol. The summed E-state index contributed by atoms with van der Waals surface area (Å²) < 4.78 is 20.8. The van der Waals surface area contributed by atoms with E-state index in [4.69, 9.17) is 13.9 Å². The van der Waals surface area contributed by atoms with Crippen LogP contribution in [-0.4, -0.2) is 49.2 Å². The molecule has 1 N–H and O–H groups in total. The Bertz CT molecular complexity index is 1030. The molecule has 0 bridgehead atoms. The second-order valence-corrected chi connectivity index (χ2v) is 6.81. The lowest BCUT2D eigenvalue weighted by Gasteiger charge is -2.06. The summed E-state index contributed by atoms with van der Waals surface area (Å²) in [6.45, 7) is 0. The largest absolute Gasteiger partial charge is 0.497 e. The number of amides is 1. The molecule has 0 saturated heterocycles. The Balaban J connectivity index is 1.62. The number of methoxy groups -OCH3 is 3. The first-order valence-corrected chi connectivity index (χ1v) is 9.69. The van der Waals surface area contributed by atoms with Crippen LogP contribution in [0.25, 0.3) is 11.5 Å². The van der Waals surface area contributed by atoms with E-state index in [0.717, 1.165) is 11.8 Å². The van der Waals surface area contributed by atoms with Crippen molar-refractivity contribution in [2.75, 3.05) is 32.4 Å². The van der Waals surface area contributed by atoms with E-state index in [2.05, 4.69) is 20.3 Å². The van der Waals surface area contributed by atoms with Crippen molar-refractivity contribution in [3.8, 4) is 23.0 Å². The van der Waals surface area contributed by atoms with Crippen LogP contribution in [0.15, 0.2) is 52.1 Å². The molecule has 0 aliphatic rings. The summed E-state index contributed by atoms with van der Waals surface area (Å²) in [6.07, 6.45) is 0. The van der Waals surface area contributed by atoms with Gasteiger partial charge in [-0.3, -0.25) is 4.79 Å². The highest BCUT2D eigenvalue weighted by Gasteiger charge is 2.14. The fourth-order valence-electron chi connectivity index (χ4n) is 2.48. The smallest absolute Gasteiger partial charge is 0.337 e. The average Bonchev–Trinajstić information content (AvgIpc) is 3.26. The van der Waals surface area contributed by atoms with Gasteiger partial charge >= 0.3 is 5.97 Å². The fraction of sp³-hybridized carbons (Fsp3) is 0.200. The van der Waals surface area contributed by atoms with Gasteiger partial charge in [-0.25, -0.2) is 4.79 Å². The second-order valence-electron chi connectivity index (χ2n) is 5.88. The van der Waals surface area contributed by atoms with Crippen LogP contribution in [0.3, 0.4) is 0 Å². The van der Waals surface area contributed by atoms with E-state index in [1.165, 1.54) is 13.2 Å². The Labute approximate surface area is 176 Å². The molecule has 3 rings (SSSR count). The van der Waals surface area contributed by atoms with E-state index < -0.39 is 5.97 Å². The van der Waals surface area contributed by atoms with E-state index in [1.54, 1.807) is 50.6 Å². The SMILES string of the molecule is COC(=O)c1cccc(NC(=O)CSc2nnc(-c3cc(OC)cc(OC)c3)o2)c1. The van der Waals surface area contributed by atoms with Gasteiger partial charge in [0, 0.05) is 17.3 Å². The first-order chi connectivity index (χ1) is 14.5. The van der Waals surface area contributed by atoms with E-state index in [9.17, 15) is 9.59 Å². The van der Waals surface area contributed by atoms with Gasteiger partial charge in [0.25, 0.3) is 5.22 Å². The number of aromatic nitrogens is 2. The third kappa shape index (κ3) is 5.29. The number of benzene rings is 2. The van der Waals surface area contributed by atoms with Crippen molar-refractivity contribution in [3.63, 3.8) is 0 Å². The zero-order valence-corrected chi connectivity index (χ0v) is 17.3. The first kappa shape index (κ1) is 21.2. The van der Waals surface area contributed by atoms with Crippen molar-refractivity contribution in [2.45, 2.75) is 5.22 Å². The molecule has 156 valence electrons. The summed E-state index contributed by atoms with van der Waals surface area (Å²) in [4.78, 5) is 23.8. The Hall–Kier alpha value is -3.53. The molecule has 0 aliphatic heterocycles. The number of esters is 1. The number of hydrogen-bond acceptors (Lipinski definition) is 9. The van der Waals surface area contributed by atoms with Crippen molar-refractivity contribution in [2.24, 2.45) is 0 Å². The fourth-order valence-corrected chi connectivity index (χ4v) is 3.04. The molecule has 0 radical (unpaired) electrons. The molecule has 2 aromatic carbocycles. The Kier molecular flexibility index (Phi) is 6.91. The molecule has 10 heteroatoms. The number of carbonyl (C=O) groups is 2. The van der Waals surface area contributed by atoms with Gasteiger partial charge < -0.3 is 23.9 Å². The van der Waals surface area contributed by atoms with E-state index in [-0.39, 0.29) is 22.8 Å². The Morgan fingerprint density at radius 2 is 1.77 bits per heavy atom. The zero-order chi connectivity index (χ0) is 21.5. The molecule has 0 spiro atoms. The van der Waals surface area contributed by atoms with Gasteiger partial charge in [0.15, 0.2) is 0 Å². The maximum absolute atomic E-state index is 12.2. The number of ether oxygens (including phenoxy) is 3. The summed E-state index contributed by atoms with van der Waals surface area (Å²) in [5.41, 5.74) is 1.46. The zero-order valence-electron chi connectivity index (χ0n) is 16.5. The molecular formula is C20H19N3O6S. The van der Waals surface area contributed by atoms with Gasteiger partial charge in [-0.2, -0.15) is 0 Å². The summed E-state index contributed by atoms with van der Waals surface area (Å²) in [5, 5.41) is 10.9. The quantitative estimate of drug-likeness (QED) is 0.426. The molecule has 9 nitrogen and oxygen atoms in total. The van der Waals surface area contributed by atoms with Crippen molar-refractivity contribution < 1.29 is 28.2 Å². The molecule has 1 heterocycles. The third-order valence-corrected chi connectivity index (χ3v) is 4.72. The van der Waals surface area contributed by atoms with Crippen LogP contribution in [0.1, 0.15) is 10.4 Å². The minimum Gasteiger partial charge on any atom is -0.497 e. The number of carbonyl (C=O) groups excluding carboxylic acids is 2. The standard InChI is InChI=1S/C20H19N3O6S/c1-26-15-8-13(9-16(10-15)27-2)18-22-23-20(29-18)30-11-17(24)21-14-6-4-5-12(7-14)19(25)28-3/h4-10H,11H2,1-3H3,(H,21,24). The Morgan fingerprint density at radius 1 is 1.03 bits per heavy atom. The van der Waals surface area contributed by atoms with Crippen molar-refractivity contribution >= 4 is 29.3 Å². The van der Waals surface area contributed by atoms with Gasteiger partial charge in [0.1, 0.15) is 11.5 Å². The molecule has 0 aliphatic carbocycles. The normalized spacial score (nSPS) is 10.4. The van der Waals surface area contributed by atoms with Crippen LogP contribution in [0.5, 0.6) is 11.5 Å². The number of nitrogens with zero attached hydrogens (tertiary/aromatic N) is 2. The maximum Gasteiger partial charge on any atom is 0.337 e. The van der Waals surface area contributed by atoms with Crippen molar-refractivity contribution in [3.05, 3.63) is 48.0 Å². The van der Waals surface area contributed by atoms with Crippen LogP contribution in [0.2, 0.25) is 0 Å². The van der Waals surface area contributed by atoms with Crippen LogP contribution in [0, 0.1) is 0 Å². The number of hydrogen-bond donors (Lipinski definition) is 1. The molecule has 0 unspecified atom stereocenters. The van der Waals surface area contributed by atoms with Crippen LogP contribution in [-0.2, 0) is 9.53 Å². The molecule has 3 aromatic rings. The summed E-state index contributed by atoms with van der Waals surface area (Å²) in [7, 11) is 4.39.